The molecule has 1 aliphatic rings. The van der Waals surface area contributed by atoms with Crippen LogP contribution in [0.5, 0.6) is 0 Å². The van der Waals surface area contributed by atoms with Crippen molar-refractivity contribution in [3.63, 3.8) is 0 Å². The van der Waals surface area contributed by atoms with E-state index in [1.165, 1.54) is 6.08 Å². The first kappa shape index (κ1) is 11.1. The number of rotatable bonds is 3. The van der Waals surface area contributed by atoms with Gasteiger partial charge in [-0.15, -0.1) is 6.42 Å². The van der Waals surface area contributed by atoms with E-state index < -0.39 is 5.97 Å². The van der Waals surface area contributed by atoms with Crippen LogP contribution in [0.1, 0.15) is 13.3 Å². The molecule has 0 aromatic heterocycles. The number of carboxylic acid groups (broad SMARTS) is 1. The van der Waals surface area contributed by atoms with Gasteiger partial charge in [0.05, 0.1) is 5.57 Å². The summed E-state index contributed by atoms with van der Waals surface area (Å²) in [7, 11) is 0. The van der Waals surface area contributed by atoms with Crippen LogP contribution in [-0.4, -0.2) is 22.5 Å². The number of nitrogens with zero attached hydrogens (tertiary/aromatic N) is 1. The normalized spacial score (nSPS) is 15.5. The Morgan fingerprint density at radius 2 is 2.40 bits per heavy atom. The van der Waals surface area contributed by atoms with Crippen molar-refractivity contribution in [2.75, 3.05) is 6.54 Å². The second kappa shape index (κ2) is 4.52. The zero-order valence-electron chi connectivity index (χ0n) is 8.66. The minimum absolute atomic E-state index is 0.198. The smallest absolute Gasteiger partial charge is 0.337 e. The first-order chi connectivity index (χ1) is 7.10. The molecule has 3 heteroatoms. The van der Waals surface area contributed by atoms with Crippen molar-refractivity contribution < 1.29 is 9.90 Å². The Balaban J connectivity index is 3.06. The quantitative estimate of drug-likeness (QED) is 0.710. The Morgan fingerprint density at radius 3 is 2.87 bits per heavy atom. The van der Waals surface area contributed by atoms with Crippen LogP contribution in [0.4, 0.5) is 0 Å². The summed E-state index contributed by atoms with van der Waals surface area (Å²) in [6.07, 6.45) is 9.23. The fourth-order valence-corrected chi connectivity index (χ4v) is 1.36. The molecule has 0 atom stereocenters. The van der Waals surface area contributed by atoms with E-state index in [0.717, 1.165) is 6.42 Å². The average molecular weight is 203 g/mol. The lowest BCUT2D eigenvalue weighted by Crippen LogP contribution is -2.23. The van der Waals surface area contributed by atoms with Crippen LogP contribution in [0, 0.1) is 12.3 Å². The van der Waals surface area contributed by atoms with E-state index in [1.807, 2.05) is 6.92 Å². The van der Waals surface area contributed by atoms with E-state index in [1.54, 1.807) is 11.1 Å². The molecule has 0 radical (unpaired) electrons. The van der Waals surface area contributed by atoms with E-state index in [-0.39, 0.29) is 5.57 Å². The van der Waals surface area contributed by atoms with Crippen LogP contribution in [0.2, 0.25) is 0 Å². The molecular formula is C12H13NO2. The van der Waals surface area contributed by atoms with Gasteiger partial charge in [0.15, 0.2) is 0 Å². The topological polar surface area (TPSA) is 40.5 Å². The summed E-state index contributed by atoms with van der Waals surface area (Å²) >= 11 is 0. The molecule has 1 N–H and O–H groups in total. The molecule has 1 aliphatic heterocycles. The zero-order chi connectivity index (χ0) is 11.4. The van der Waals surface area contributed by atoms with Gasteiger partial charge in [-0.1, -0.05) is 19.4 Å². The Bertz CT molecular complexity index is 396. The van der Waals surface area contributed by atoms with E-state index >= 15 is 0 Å². The number of carbonyl (C=O) groups is 1. The Hall–Kier alpha value is -1.95. The van der Waals surface area contributed by atoms with Crippen LogP contribution < -0.4 is 0 Å². The van der Waals surface area contributed by atoms with Gasteiger partial charge in [0, 0.05) is 24.0 Å². The summed E-state index contributed by atoms with van der Waals surface area (Å²) in [5.41, 5.74) is 1.41. The molecule has 0 spiro atoms. The molecule has 0 saturated carbocycles. The zero-order valence-corrected chi connectivity index (χ0v) is 8.66. The van der Waals surface area contributed by atoms with Gasteiger partial charge in [0.25, 0.3) is 0 Å². The predicted octanol–water partition coefficient (Wildman–Crippen LogP) is 1.75. The second-order valence-corrected chi connectivity index (χ2v) is 3.23. The highest BCUT2D eigenvalue weighted by atomic mass is 16.4. The van der Waals surface area contributed by atoms with E-state index in [9.17, 15) is 4.79 Å². The fourth-order valence-electron chi connectivity index (χ4n) is 1.36. The predicted molar refractivity (Wildman–Crippen MR) is 58.8 cm³/mol. The molecule has 0 saturated heterocycles. The van der Waals surface area contributed by atoms with Crippen LogP contribution >= 0.6 is 0 Å². The van der Waals surface area contributed by atoms with Gasteiger partial charge in [-0.25, -0.2) is 4.79 Å². The van der Waals surface area contributed by atoms with Gasteiger partial charge < -0.3 is 10.0 Å². The second-order valence-electron chi connectivity index (χ2n) is 3.23. The largest absolute Gasteiger partial charge is 0.478 e. The lowest BCUT2D eigenvalue weighted by molar-refractivity contribution is -0.132. The monoisotopic (exact) mass is 203 g/mol. The fraction of sp³-hybridized carbons (Fsp3) is 0.250. The maximum atomic E-state index is 10.8. The third kappa shape index (κ3) is 2.29. The molecule has 1 rings (SSSR count). The maximum Gasteiger partial charge on any atom is 0.337 e. The first-order valence-electron chi connectivity index (χ1n) is 4.69. The van der Waals surface area contributed by atoms with Crippen LogP contribution in [-0.2, 0) is 4.79 Å². The van der Waals surface area contributed by atoms with E-state index in [2.05, 4.69) is 12.5 Å². The molecule has 0 fully saturated rings. The Morgan fingerprint density at radius 1 is 1.73 bits per heavy atom. The standard InChI is InChI=1S/C12H13NO2/c1-4-6-13-8-11(12(14)15)7-10(5-2)9(13)3/h2,7-8H,3-4,6H2,1H3,(H,14,15). The van der Waals surface area contributed by atoms with Crippen LogP contribution in [0.15, 0.2) is 35.7 Å². The van der Waals surface area contributed by atoms with Gasteiger partial charge >= 0.3 is 5.97 Å². The summed E-state index contributed by atoms with van der Waals surface area (Å²) in [5, 5.41) is 8.89. The number of allylic oxidation sites excluding steroid dienone is 1. The summed E-state index contributed by atoms with van der Waals surface area (Å²) in [6.45, 7) is 6.56. The third-order valence-corrected chi connectivity index (χ3v) is 2.12. The molecule has 0 aromatic rings. The highest BCUT2D eigenvalue weighted by Gasteiger charge is 2.17. The third-order valence-electron chi connectivity index (χ3n) is 2.12. The summed E-state index contributed by atoms with van der Waals surface area (Å²) in [5.74, 6) is 1.47. The van der Waals surface area contributed by atoms with Crippen molar-refractivity contribution in [1.29, 1.82) is 0 Å². The van der Waals surface area contributed by atoms with Gasteiger partial charge in [-0.2, -0.15) is 0 Å². The van der Waals surface area contributed by atoms with Gasteiger partial charge in [-0.3, -0.25) is 0 Å². The van der Waals surface area contributed by atoms with Gasteiger partial charge in [0.2, 0.25) is 0 Å². The lowest BCUT2D eigenvalue weighted by atomic mass is 10.1. The SMILES string of the molecule is C#CC1=CC(C(=O)O)=CN(CCC)C1=C. The van der Waals surface area contributed by atoms with Gasteiger partial charge in [0.1, 0.15) is 0 Å². The summed E-state index contributed by atoms with van der Waals surface area (Å²) in [4.78, 5) is 12.6. The van der Waals surface area contributed by atoms with Gasteiger partial charge in [-0.05, 0) is 12.5 Å². The molecule has 1 heterocycles. The molecule has 3 nitrogen and oxygen atoms in total. The molecule has 0 amide bonds. The van der Waals surface area contributed by atoms with Crippen molar-refractivity contribution in [1.82, 2.24) is 4.90 Å². The minimum atomic E-state index is -0.976. The minimum Gasteiger partial charge on any atom is -0.478 e. The number of hydrogen-bond donors (Lipinski definition) is 1. The Kier molecular flexibility index (Phi) is 3.35. The van der Waals surface area contributed by atoms with Crippen molar-refractivity contribution >= 4 is 5.97 Å². The molecular weight excluding hydrogens is 190 g/mol. The highest BCUT2D eigenvalue weighted by Crippen LogP contribution is 2.22. The molecule has 0 aromatic carbocycles. The average Bonchev–Trinajstić information content (AvgIpc) is 2.21. The van der Waals surface area contributed by atoms with Crippen molar-refractivity contribution in [2.24, 2.45) is 0 Å². The van der Waals surface area contributed by atoms with Crippen molar-refractivity contribution in [3.8, 4) is 12.3 Å². The maximum absolute atomic E-state index is 10.8. The molecule has 0 aliphatic carbocycles. The van der Waals surface area contributed by atoms with Crippen molar-refractivity contribution in [2.45, 2.75) is 13.3 Å². The first-order valence-corrected chi connectivity index (χ1v) is 4.69. The number of aliphatic carboxylic acids is 1. The van der Waals surface area contributed by atoms with E-state index in [4.69, 9.17) is 11.5 Å². The molecule has 78 valence electrons. The van der Waals surface area contributed by atoms with Crippen LogP contribution in [0.3, 0.4) is 0 Å². The Labute approximate surface area is 89.4 Å². The summed E-state index contributed by atoms with van der Waals surface area (Å²) in [6, 6.07) is 0. The molecule has 0 unspecified atom stereocenters. The lowest BCUT2D eigenvalue weighted by Gasteiger charge is -2.26. The van der Waals surface area contributed by atoms with E-state index in [0.29, 0.717) is 17.8 Å². The molecule has 0 bridgehead atoms. The number of carboxylic acids is 1. The number of hydrogen-bond acceptors (Lipinski definition) is 2. The van der Waals surface area contributed by atoms with Crippen molar-refractivity contribution in [3.05, 3.63) is 35.7 Å². The highest BCUT2D eigenvalue weighted by molar-refractivity contribution is 5.91. The van der Waals surface area contributed by atoms with Crippen LogP contribution in [0.25, 0.3) is 0 Å². The summed E-state index contributed by atoms with van der Waals surface area (Å²) < 4.78 is 0. The molecule has 15 heavy (non-hydrogen) atoms. The number of terminal acetylenes is 1.